The molecule has 2 fully saturated rings. The Morgan fingerprint density at radius 3 is 2.37 bits per heavy atom. The monoisotopic (exact) mass is 292 g/mol. The SMILES string of the molecule is COCCOCCCC1(O)CC2CCC(C1)S2(=O)=O. The van der Waals surface area contributed by atoms with E-state index < -0.39 is 15.4 Å². The fourth-order valence-corrected chi connectivity index (χ4v) is 5.85. The second-order valence-electron chi connectivity index (χ2n) is 5.75. The summed E-state index contributed by atoms with van der Waals surface area (Å²) in [6, 6.07) is 0. The lowest BCUT2D eigenvalue weighted by Gasteiger charge is -2.36. The molecule has 2 heterocycles. The fraction of sp³-hybridized carbons (Fsp3) is 1.00. The van der Waals surface area contributed by atoms with Crippen molar-refractivity contribution in [3.05, 3.63) is 0 Å². The molecule has 0 radical (unpaired) electrons. The number of methoxy groups -OCH3 is 1. The van der Waals surface area contributed by atoms with Crippen LogP contribution in [0.4, 0.5) is 0 Å². The van der Waals surface area contributed by atoms with Crippen molar-refractivity contribution in [2.45, 2.75) is 54.6 Å². The van der Waals surface area contributed by atoms with E-state index in [0.717, 1.165) is 19.3 Å². The molecule has 2 bridgehead atoms. The molecule has 2 unspecified atom stereocenters. The number of rotatable bonds is 7. The van der Waals surface area contributed by atoms with Gasteiger partial charge in [0.05, 0.1) is 29.3 Å². The molecule has 5 nitrogen and oxygen atoms in total. The molecule has 0 aliphatic carbocycles. The van der Waals surface area contributed by atoms with E-state index in [2.05, 4.69) is 0 Å². The Kier molecular flexibility index (Phi) is 4.87. The van der Waals surface area contributed by atoms with Gasteiger partial charge in [-0.25, -0.2) is 8.42 Å². The molecular formula is C13H24O5S. The van der Waals surface area contributed by atoms with Crippen molar-refractivity contribution in [3.8, 4) is 0 Å². The summed E-state index contributed by atoms with van der Waals surface area (Å²) in [4.78, 5) is 0. The van der Waals surface area contributed by atoms with Crippen LogP contribution < -0.4 is 0 Å². The smallest absolute Gasteiger partial charge is 0.156 e. The molecule has 0 aromatic carbocycles. The maximum absolute atomic E-state index is 12.0. The zero-order chi connectivity index (χ0) is 13.9. The summed E-state index contributed by atoms with van der Waals surface area (Å²) >= 11 is 0. The third-order valence-electron chi connectivity index (χ3n) is 4.32. The molecule has 2 aliphatic rings. The molecule has 6 heteroatoms. The molecule has 2 aliphatic heterocycles. The van der Waals surface area contributed by atoms with Gasteiger partial charge in [-0.3, -0.25) is 0 Å². The lowest BCUT2D eigenvalue weighted by atomic mass is 9.89. The van der Waals surface area contributed by atoms with Crippen molar-refractivity contribution in [1.29, 1.82) is 0 Å². The number of hydrogen-bond acceptors (Lipinski definition) is 5. The number of ether oxygens (including phenoxy) is 2. The summed E-state index contributed by atoms with van der Waals surface area (Å²) < 4.78 is 34.2. The summed E-state index contributed by atoms with van der Waals surface area (Å²) in [6.45, 7) is 1.73. The average molecular weight is 292 g/mol. The Hall–Kier alpha value is -0.170. The normalized spacial score (nSPS) is 36.5. The zero-order valence-electron chi connectivity index (χ0n) is 11.5. The summed E-state index contributed by atoms with van der Waals surface area (Å²) in [7, 11) is -1.32. The minimum atomic E-state index is -2.95. The van der Waals surface area contributed by atoms with Gasteiger partial charge in [-0.05, 0) is 38.5 Å². The molecule has 112 valence electrons. The summed E-state index contributed by atoms with van der Waals surface area (Å²) in [5.74, 6) is 0. The predicted octanol–water partition coefficient (Wildman–Crippen LogP) is 0.900. The zero-order valence-corrected chi connectivity index (χ0v) is 12.3. The Labute approximate surface area is 115 Å². The average Bonchev–Trinajstić information content (AvgIpc) is 2.54. The first kappa shape index (κ1) is 15.2. The van der Waals surface area contributed by atoms with Gasteiger partial charge in [0.2, 0.25) is 0 Å². The van der Waals surface area contributed by atoms with E-state index in [-0.39, 0.29) is 10.5 Å². The number of hydrogen-bond donors (Lipinski definition) is 1. The van der Waals surface area contributed by atoms with Gasteiger partial charge in [0.25, 0.3) is 0 Å². The molecule has 1 N–H and O–H groups in total. The van der Waals surface area contributed by atoms with Crippen molar-refractivity contribution in [2.24, 2.45) is 0 Å². The van der Waals surface area contributed by atoms with Crippen LogP contribution in [0.25, 0.3) is 0 Å². The molecule has 0 aromatic rings. The van der Waals surface area contributed by atoms with E-state index in [4.69, 9.17) is 9.47 Å². The van der Waals surface area contributed by atoms with Crippen molar-refractivity contribution in [1.82, 2.24) is 0 Å². The highest BCUT2D eigenvalue weighted by molar-refractivity contribution is 7.93. The van der Waals surface area contributed by atoms with Crippen molar-refractivity contribution in [3.63, 3.8) is 0 Å². The first-order chi connectivity index (χ1) is 8.98. The number of fused-ring (bicyclic) bond motifs is 2. The second-order valence-corrected chi connectivity index (χ2v) is 8.26. The minimum absolute atomic E-state index is 0.314. The van der Waals surface area contributed by atoms with Gasteiger partial charge in [0.15, 0.2) is 9.84 Å². The third kappa shape index (κ3) is 3.48. The first-order valence-corrected chi connectivity index (χ1v) is 8.61. The molecule has 0 amide bonds. The quantitative estimate of drug-likeness (QED) is 0.706. The van der Waals surface area contributed by atoms with Crippen LogP contribution in [-0.2, 0) is 19.3 Å². The van der Waals surface area contributed by atoms with Crippen LogP contribution in [-0.4, -0.2) is 56.6 Å². The Bertz CT molecular complexity index is 372. The third-order valence-corrected chi connectivity index (χ3v) is 6.98. The summed E-state index contributed by atoms with van der Waals surface area (Å²) in [5, 5.41) is 9.91. The Morgan fingerprint density at radius 1 is 1.16 bits per heavy atom. The standard InChI is InChI=1S/C13H24O5S/c1-17-7-8-18-6-2-5-13(14)9-11-3-4-12(10-13)19(11,15)16/h11-12,14H,2-10H2,1H3. The lowest BCUT2D eigenvalue weighted by Crippen LogP contribution is -2.45. The van der Waals surface area contributed by atoms with Gasteiger partial charge in [-0.15, -0.1) is 0 Å². The van der Waals surface area contributed by atoms with Gasteiger partial charge in [0, 0.05) is 13.7 Å². The predicted molar refractivity (Wildman–Crippen MR) is 71.8 cm³/mol. The Morgan fingerprint density at radius 2 is 1.79 bits per heavy atom. The molecular weight excluding hydrogens is 268 g/mol. The molecule has 0 aromatic heterocycles. The van der Waals surface area contributed by atoms with Crippen molar-refractivity contribution < 1.29 is 23.0 Å². The van der Waals surface area contributed by atoms with Crippen molar-refractivity contribution in [2.75, 3.05) is 26.9 Å². The summed E-state index contributed by atoms with van der Waals surface area (Å²) in [5.41, 5.74) is -0.804. The fourth-order valence-electron chi connectivity index (χ4n) is 3.29. The Balaban J connectivity index is 1.76. The lowest BCUT2D eigenvalue weighted by molar-refractivity contribution is -0.000131. The topological polar surface area (TPSA) is 72.8 Å². The van der Waals surface area contributed by atoms with Crippen LogP contribution in [0.2, 0.25) is 0 Å². The molecule has 0 saturated carbocycles. The van der Waals surface area contributed by atoms with Crippen LogP contribution in [0.5, 0.6) is 0 Å². The highest BCUT2D eigenvalue weighted by atomic mass is 32.2. The number of aliphatic hydroxyl groups is 1. The highest BCUT2D eigenvalue weighted by Gasteiger charge is 2.52. The maximum atomic E-state index is 12.0. The highest BCUT2D eigenvalue weighted by Crippen LogP contribution is 2.44. The van der Waals surface area contributed by atoms with Gasteiger partial charge in [0.1, 0.15) is 0 Å². The van der Waals surface area contributed by atoms with Crippen LogP contribution in [0.15, 0.2) is 0 Å². The van der Waals surface area contributed by atoms with Crippen LogP contribution in [0.1, 0.15) is 38.5 Å². The van der Waals surface area contributed by atoms with Crippen LogP contribution in [0.3, 0.4) is 0 Å². The van der Waals surface area contributed by atoms with Crippen LogP contribution >= 0.6 is 0 Å². The molecule has 0 spiro atoms. The van der Waals surface area contributed by atoms with E-state index in [1.807, 2.05) is 0 Å². The maximum Gasteiger partial charge on any atom is 0.156 e. The first-order valence-electron chi connectivity index (χ1n) is 7.00. The van der Waals surface area contributed by atoms with E-state index in [9.17, 15) is 13.5 Å². The van der Waals surface area contributed by atoms with Gasteiger partial charge in [-0.2, -0.15) is 0 Å². The van der Waals surface area contributed by atoms with E-state index in [1.54, 1.807) is 7.11 Å². The molecule has 19 heavy (non-hydrogen) atoms. The van der Waals surface area contributed by atoms with E-state index in [1.165, 1.54) is 0 Å². The van der Waals surface area contributed by atoms with Crippen LogP contribution in [0, 0.1) is 0 Å². The van der Waals surface area contributed by atoms with Gasteiger partial charge >= 0.3 is 0 Å². The number of sulfone groups is 1. The van der Waals surface area contributed by atoms with Crippen molar-refractivity contribution >= 4 is 9.84 Å². The second kappa shape index (κ2) is 6.08. The summed E-state index contributed by atoms with van der Waals surface area (Å²) in [6.07, 6.45) is 3.65. The molecule has 2 rings (SSSR count). The molecule has 2 saturated heterocycles. The van der Waals surface area contributed by atoms with Gasteiger partial charge < -0.3 is 14.6 Å². The largest absolute Gasteiger partial charge is 0.390 e. The molecule has 2 atom stereocenters. The van der Waals surface area contributed by atoms with E-state index >= 15 is 0 Å². The van der Waals surface area contributed by atoms with Gasteiger partial charge in [-0.1, -0.05) is 0 Å². The van der Waals surface area contributed by atoms with E-state index in [0.29, 0.717) is 39.1 Å². The minimum Gasteiger partial charge on any atom is -0.390 e.